The molecule has 0 saturated heterocycles. The predicted octanol–water partition coefficient (Wildman–Crippen LogP) is 8.59. The second-order valence-corrected chi connectivity index (χ2v) is 9.07. The van der Waals surface area contributed by atoms with Crippen LogP contribution in [0.4, 0.5) is 52.0 Å². The summed E-state index contributed by atoms with van der Waals surface area (Å²) in [5.74, 6) is 4.54. The fourth-order valence-electron chi connectivity index (χ4n) is 4.86. The van der Waals surface area contributed by atoms with E-state index in [1.54, 1.807) is 0 Å². The lowest BCUT2D eigenvalue weighted by Crippen LogP contribution is -2.20. The van der Waals surface area contributed by atoms with Gasteiger partial charge in [-0.1, -0.05) is 72.8 Å². The number of rotatable bonds is 3. The molecule has 6 heteroatoms. The van der Waals surface area contributed by atoms with Gasteiger partial charge in [-0.15, -0.1) is 0 Å². The SMILES string of the molecule is c1ccc(N2c3cccc(n3)N(c3ccccc3)c3cccc(n3)N(c3ccccc3)c3cccc2n3)cc1. The van der Waals surface area contributed by atoms with Crippen LogP contribution in [0, 0.1) is 0 Å². The Morgan fingerprint density at radius 1 is 0.256 bits per heavy atom. The average molecular weight is 505 g/mol. The molecule has 3 aromatic heterocycles. The minimum absolute atomic E-state index is 0.757. The van der Waals surface area contributed by atoms with Gasteiger partial charge in [0.15, 0.2) is 0 Å². The first-order valence-corrected chi connectivity index (χ1v) is 12.8. The van der Waals surface area contributed by atoms with Crippen molar-refractivity contribution in [1.29, 1.82) is 0 Å². The van der Waals surface area contributed by atoms with Crippen molar-refractivity contribution >= 4 is 52.0 Å². The van der Waals surface area contributed by atoms with E-state index in [-0.39, 0.29) is 0 Å². The highest BCUT2D eigenvalue weighted by Crippen LogP contribution is 2.41. The van der Waals surface area contributed by atoms with Crippen molar-refractivity contribution in [3.05, 3.63) is 146 Å². The van der Waals surface area contributed by atoms with E-state index in [0.29, 0.717) is 0 Å². The molecule has 7 rings (SSSR count). The molecule has 0 radical (unpaired) electrons. The molecule has 39 heavy (non-hydrogen) atoms. The van der Waals surface area contributed by atoms with Crippen molar-refractivity contribution in [3.8, 4) is 0 Å². The molecule has 0 fully saturated rings. The zero-order valence-electron chi connectivity index (χ0n) is 21.0. The molecule has 0 atom stereocenters. The molecule has 6 nitrogen and oxygen atoms in total. The monoisotopic (exact) mass is 504 g/mol. The standard InChI is InChI=1S/C33H24N6/c1-4-13-25(14-5-1)37-28-19-10-21-30(34-28)38(26-15-6-2-7-16-26)32-23-12-24-33(36-32)39(27-17-8-3-9-18-27)31-22-11-20-29(37)35-31/h1-24H. The Morgan fingerprint density at radius 3 is 0.718 bits per heavy atom. The molecule has 0 aliphatic carbocycles. The first-order chi connectivity index (χ1) is 19.3. The van der Waals surface area contributed by atoms with Crippen molar-refractivity contribution in [2.24, 2.45) is 0 Å². The number of hydrogen-bond acceptors (Lipinski definition) is 6. The molecule has 0 saturated carbocycles. The van der Waals surface area contributed by atoms with Crippen LogP contribution in [-0.2, 0) is 0 Å². The Morgan fingerprint density at radius 2 is 0.487 bits per heavy atom. The lowest BCUT2D eigenvalue weighted by atomic mass is 10.2. The van der Waals surface area contributed by atoms with Gasteiger partial charge in [0.2, 0.25) is 0 Å². The van der Waals surface area contributed by atoms with Crippen LogP contribution < -0.4 is 14.7 Å². The fourth-order valence-corrected chi connectivity index (χ4v) is 4.86. The first kappa shape index (κ1) is 22.7. The molecule has 4 heterocycles. The number of pyridine rings is 3. The van der Waals surface area contributed by atoms with Crippen LogP contribution in [-0.4, -0.2) is 15.0 Å². The Labute approximate surface area is 227 Å². The predicted molar refractivity (Wildman–Crippen MR) is 157 cm³/mol. The molecule has 0 spiro atoms. The van der Waals surface area contributed by atoms with Crippen molar-refractivity contribution in [3.63, 3.8) is 0 Å². The summed E-state index contributed by atoms with van der Waals surface area (Å²) in [6.07, 6.45) is 0. The lowest BCUT2D eigenvalue weighted by molar-refractivity contribution is 1.05. The van der Waals surface area contributed by atoms with Crippen LogP contribution in [0.15, 0.2) is 146 Å². The second kappa shape index (κ2) is 9.76. The molecular weight excluding hydrogens is 480 g/mol. The van der Waals surface area contributed by atoms with Crippen LogP contribution in [0.1, 0.15) is 0 Å². The van der Waals surface area contributed by atoms with E-state index in [2.05, 4.69) is 51.1 Å². The molecule has 6 aromatic rings. The lowest BCUT2D eigenvalue weighted by Gasteiger charge is -2.30. The van der Waals surface area contributed by atoms with Gasteiger partial charge in [0.1, 0.15) is 34.9 Å². The smallest absolute Gasteiger partial charge is 0.141 e. The number of para-hydroxylation sites is 3. The van der Waals surface area contributed by atoms with Crippen molar-refractivity contribution < 1.29 is 0 Å². The number of fused-ring (bicyclic) bond motifs is 6. The van der Waals surface area contributed by atoms with E-state index in [9.17, 15) is 0 Å². The summed E-state index contributed by atoms with van der Waals surface area (Å²) in [6.45, 7) is 0. The quantitative estimate of drug-likeness (QED) is 0.240. The van der Waals surface area contributed by atoms with Crippen LogP contribution in [0.5, 0.6) is 0 Å². The van der Waals surface area contributed by atoms with Gasteiger partial charge < -0.3 is 0 Å². The highest BCUT2D eigenvalue weighted by molar-refractivity contribution is 5.80. The zero-order chi connectivity index (χ0) is 26.0. The summed E-state index contributed by atoms with van der Waals surface area (Å²) in [4.78, 5) is 21.7. The van der Waals surface area contributed by atoms with E-state index in [0.717, 1.165) is 52.0 Å². The summed E-state index contributed by atoms with van der Waals surface area (Å²) in [6, 6.07) is 48.8. The molecule has 1 aliphatic heterocycles. The average Bonchev–Trinajstić information content (AvgIpc) is 3.00. The number of hydrogen-bond donors (Lipinski definition) is 0. The van der Waals surface area contributed by atoms with E-state index in [1.165, 1.54) is 0 Å². The van der Waals surface area contributed by atoms with Gasteiger partial charge in [-0.2, -0.15) is 0 Å². The van der Waals surface area contributed by atoms with Crippen LogP contribution in [0.2, 0.25) is 0 Å². The third-order valence-electron chi connectivity index (χ3n) is 6.58. The third kappa shape index (κ3) is 4.24. The van der Waals surface area contributed by atoms with Gasteiger partial charge in [-0.3, -0.25) is 14.7 Å². The van der Waals surface area contributed by atoms with Crippen LogP contribution >= 0.6 is 0 Å². The molecule has 0 amide bonds. The number of benzene rings is 3. The van der Waals surface area contributed by atoms with E-state index in [1.807, 2.05) is 109 Å². The Balaban J connectivity index is 1.55. The first-order valence-electron chi connectivity index (χ1n) is 12.8. The van der Waals surface area contributed by atoms with E-state index < -0.39 is 0 Å². The largest absolute Gasteiger partial charge is 0.279 e. The molecule has 0 N–H and O–H groups in total. The highest BCUT2D eigenvalue weighted by atomic mass is 15.3. The molecular formula is C33H24N6. The second-order valence-electron chi connectivity index (χ2n) is 9.07. The Kier molecular flexibility index (Phi) is 5.68. The van der Waals surface area contributed by atoms with Gasteiger partial charge in [-0.25, -0.2) is 15.0 Å². The summed E-state index contributed by atoms with van der Waals surface area (Å²) in [5.41, 5.74) is 2.91. The van der Waals surface area contributed by atoms with Gasteiger partial charge in [0.25, 0.3) is 0 Å². The van der Waals surface area contributed by atoms with Crippen LogP contribution in [0.3, 0.4) is 0 Å². The van der Waals surface area contributed by atoms with Gasteiger partial charge in [0, 0.05) is 17.1 Å². The van der Waals surface area contributed by atoms with Crippen LogP contribution in [0.25, 0.3) is 0 Å². The van der Waals surface area contributed by atoms with Crippen molar-refractivity contribution in [2.45, 2.75) is 0 Å². The maximum atomic E-state index is 5.16. The minimum atomic E-state index is 0.757. The van der Waals surface area contributed by atoms with E-state index >= 15 is 0 Å². The zero-order valence-corrected chi connectivity index (χ0v) is 21.0. The third-order valence-corrected chi connectivity index (χ3v) is 6.58. The summed E-state index contributed by atoms with van der Waals surface area (Å²) >= 11 is 0. The highest BCUT2D eigenvalue weighted by Gasteiger charge is 2.24. The number of anilines is 9. The summed E-state index contributed by atoms with van der Waals surface area (Å²) in [5, 5.41) is 0. The van der Waals surface area contributed by atoms with E-state index in [4.69, 9.17) is 15.0 Å². The molecule has 1 aliphatic rings. The van der Waals surface area contributed by atoms with Gasteiger partial charge in [0.05, 0.1) is 0 Å². The number of aromatic nitrogens is 3. The minimum Gasteiger partial charge on any atom is -0.279 e. The van der Waals surface area contributed by atoms with Gasteiger partial charge in [-0.05, 0) is 72.8 Å². The molecule has 0 unspecified atom stereocenters. The molecule has 186 valence electrons. The summed E-state index contributed by atoms with van der Waals surface area (Å²) in [7, 11) is 0. The maximum absolute atomic E-state index is 5.16. The fraction of sp³-hybridized carbons (Fsp3) is 0. The number of nitrogens with zero attached hydrogens (tertiary/aromatic N) is 6. The molecule has 6 bridgehead atoms. The van der Waals surface area contributed by atoms with Crippen molar-refractivity contribution in [2.75, 3.05) is 14.7 Å². The van der Waals surface area contributed by atoms with Crippen molar-refractivity contribution in [1.82, 2.24) is 15.0 Å². The maximum Gasteiger partial charge on any atom is 0.141 e. The Bertz CT molecular complexity index is 1460. The molecule has 3 aromatic carbocycles. The summed E-state index contributed by atoms with van der Waals surface area (Å²) < 4.78 is 0. The normalized spacial score (nSPS) is 12.5. The topological polar surface area (TPSA) is 48.4 Å². The van der Waals surface area contributed by atoms with Gasteiger partial charge >= 0.3 is 0 Å². The Hall–Kier alpha value is -5.49.